The molecule has 0 amide bonds. The van der Waals surface area contributed by atoms with Gasteiger partial charge in [0.25, 0.3) is 0 Å². The number of benzene rings is 1. The van der Waals surface area contributed by atoms with E-state index >= 15 is 0 Å². The van der Waals surface area contributed by atoms with E-state index in [2.05, 4.69) is 4.98 Å². The van der Waals surface area contributed by atoms with Crippen molar-refractivity contribution in [2.24, 2.45) is 5.92 Å². The second kappa shape index (κ2) is 4.52. The van der Waals surface area contributed by atoms with Gasteiger partial charge in [0.2, 0.25) is 0 Å². The maximum atomic E-state index is 11.9. The average molecular weight is 280 g/mol. The second-order valence-electron chi connectivity index (χ2n) is 5.18. The van der Waals surface area contributed by atoms with Crippen LogP contribution in [0.5, 0.6) is 0 Å². The Bertz CT molecular complexity index is 758. The molecule has 6 heteroatoms. The molecule has 1 unspecified atom stereocenters. The lowest BCUT2D eigenvalue weighted by Crippen LogP contribution is -2.30. The summed E-state index contributed by atoms with van der Waals surface area (Å²) < 4.78 is 24.9. The summed E-state index contributed by atoms with van der Waals surface area (Å²) in [5, 5.41) is 0. The van der Waals surface area contributed by atoms with Crippen LogP contribution >= 0.6 is 0 Å². The monoisotopic (exact) mass is 280 g/mol. The lowest BCUT2D eigenvalue weighted by Gasteiger charge is -2.22. The summed E-state index contributed by atoms with van der Waals surface area (Å²) in [6, 6.07) is 7.48. The third-order valence-corrected chi connectivity index (χ3v) is 5.57. The zero-order chi connectivity index (χ0) is 13.5. The number of sulfone groups is 1. The minimum Gasteiger partial charge on any atom is -0.306 e. The molecule has 1 aliphatic heterocycles. The number of aromatic nitrogens is 2. The molecule has 0 spiro atoms. The highest BCUT2D eigenvalue weighted by molar-refractivity contribution is 7.91. The third-order valence-electron chi connectivity index (χ3n) is 3.68. The van der Waals surface area contributed by atoms with Gasteiger partial charge >= 0.3 is 5.69 Å². The van der Waals surface area contributed by atoms with E-state index in [0.717, 1.165) is 17.5 Å². The van der Waals surface area contributed by atoms with E-state index in [1.54, 1.807) is 4.57 Å². The topological polar surface area (TPSA) is 71.9 Å². The van der Waals surface area contributed by atoms with E-state index in [9.17, 15) is 13.2 Å². The predicted octanol–water partition coefficient (Wildman–Crippen LogP) is 1.15. The molecule has 0 radical (unpaired) electrons. The van der Waals surface area contributed by atoms with Gasteiger partial charge < -0.3 is 4.98 Å². The van der Waals surface area contributed by atoms with Gasteiger partial charge in [0, 0.05) is 6.54 Å². The first-order valence-electron chi connectivity index (χ1n) is 6.43. The second-order valence-corrected chi connectivity index (χ2v) is 7.41. The van der Waals surface area contributed by atoms with Gasteiger partial charge in [-0.1, -0.05) is 12.1 Å². The first-order chi connectivity index (χ1) is 9.05. The maximum absolute atomic E-state index is 11.9. The van der Waals surface area contributed by atoms with E-state index in [1.165, 1.54) is 0 Å². The largest absolute Gasteiger partial charge is 0.326 e. The van der Waals surface area contributed by atoms with Gasteiger partial charge in [0.1, 0.15) is 0 Å². The highest BCUT2D eigenvalue weighted by Gasteiger charge is 2.25. The van der Waals surface area contributed by atoms with Crippen molar-refractivity contribution in [3.8, 4) is 0 Å². The lowest BCUT2D eigenvalue weighted by atomic mass is 10.1. The number of hydrogen-bond donors (Lipinski definition) is 1. The van der Waals surface area contributed by atoms with Crippen LogP contribution in [0.3, 0.4) is 0 Å². The SMILES string of the molecule is O=c1[nH]c2ccccc2n1CC1CCCS(=O)(=O)C1. The van der Waals surface area contributed by atoms with Crippen molar-refractivity contribution >= 4 is 20.9 Å². The molecule has 102 valence electrons. The Morgan fingerprint density at radius 1 is 1.32 bits per heavy atom. The Kier molecular flexibility index (Phi) is 2.97. The van der Waals surface area contributed by atoms with Crippen molar-refractivity contribution in [2.45, 2.75) is 19.4 Å². The van der Waals surface area contributed by atoms with Crippen LogP contribution in [-0.4, -0.2) is 29.5 Å². The van der Waals surface area contributed by atoms with Crippen molar-refractivity contribution in [1.29, 1.82) is 0 Å². The molecule has 3 rings (SSSR count). The maximum Gasteiger partial charge on any atom is 0.326 e. The van der Waals surface area contributed by atoms with Gasteiger partial charge in [0.05, 0.1) is 22.5 Å². The molecule has 2 aromatic rings. The van der Waals surface area contributed by atoms with E-state index in [1.807, 2.05) is 24.3 Å². The number of imidazole rings is 1. The van der Waals surface area contributed by atoms with Crippen LogP contribution in [0.1, 0.15) is 12.8 Å². The van der Waals surface area contributed by atoms with Crippen molar-refractivity contribution in [3.05, 3.63) is 34.7 Å². The van der Waals surface area contributed by atoms with E-state index in [-0.39, 0.29) is 23.1 Å². The summed E-state index contributed by atoms with van der Waals surface area (Å²) in [6.45, 7) is 0.474. The number of fused-ring (bicyclic) bond motifs is 1. The first kappa shape index (κ1) is 12.5. The number of nitrogens with zero attached hydrogens (tertiary/aromatic N) is 1. The Morgan fingerprint density at radius 2 is 2.11 bits per heavy atom. The molecule has 1 fully saturated rings. The summed E-state index contributed by atoms with van der Waals surface area (Å²) in [6.07, 6.45) is 1.56. The van der Waals surface area contributed by atoms with Gasteiger partial charge in [-0.3, -0.25) is 4.57 Å². The summed E-state index contributed by atoms with van der Waals surface area (Å²) in [5.41, 5.74) is 1.48. The van der Waals surface area contributed by atoms with Crippen LogP contribution in [-0.2, 0) is 16.4 Å². The molecular formula is C13H16N2O3S. The van der Waals surface area contributed by atoms with Crippen LogP contribution in [0.2, 0.25) is 0 Å². The predicted molar refractivity (Wildman–Crippen MR) is 73.9 cm³/mol. The summed E-state index contributed by atoms with van der Waals surface area (Å²) in [4.78, 5) is 14.7. The smallest absolute Gasteiger partial charge is 0.306 e. The molecule has 19 heavy (non-hydrogen) atoms. The van der Waals surface area contributed by atoms with Gasteiger partial charge in [-0.25, -0.2) is 13.2 Å². The molecule has 5 nitrogen and oxygen atoms in total. The zero-order valence-corrected chi connectivity index (χ0v) is 11.3. The van der Waals surface area contributed by atoms with Crippen LogP contribution < -0.4 is 5.69 Å². The molecular weight excluding hydrogens is 264 g/mol. The number of rotatable bonds is 2. The first-order valence-corrected chi connectivity index (χ1v) is 8.25. The molecule has 1 atom stereocenters. The quantitative estimate of drug-likeness (QED) is 0.897. The van der Waals surface area contributed by atoms with Crippen LogP contribution in [0.25, 0.3) is 11.0 Å². The Labute approximate surface area is 111 Å². The summed E-state index contributed by atoms with van der Waals surface area (Å²) in [7, 11) is -2.93. The fourth-order valence-corrected chi connectivity index (χ4v) is 4.57. The standard InChI is InChI=1S/C13H16N2O3S/c16-13-14-11-5-1-2-6-12(11)15(13)8-10-4-3-7-19(17,18)9-10/h1-2,5-6,10H,3-4,7-9H2,(H,14,16). The fourth-order valence-electron chi connectivity index (χ4n) is 2.81. The third kappa shape index (κ3) is 2.45. The Morgan fingerprint density at radius 3 is 2.89 bits per heavy atom. The van der Waals surface area contributed by atoms with Gasteiger partial charge in [-0.2, -0.15) is 0 Å². The molecule has 1 aliphatic rings. The number of para-hydroxylation sites is 2. The Hall–Kier alpha value is -1.56. The highest BCUT2D eigenvalue weighted by Crippen LogP contribution is 2.21. The normalized spacial score (nSPS) is 22.6. The molecule has 1 aromatic heterocycles. The van der Waals surface area contributed by atoms with Crippen LogP contribution in [0.4, 0.5) is 0 Å². The minimum atomic E-state index is -2.93. The number of hydrogen-bond acceptors (Lipinski definition) is 3. The molecule has 1 N–H and O–H groups in total. The highest BCUT2D eigenvalue weighted by atomic mass is 32.2. The zero-order valence-electron chi connectivity index (χ0n) is 10.5. The molecule has 2 heterocycles. The fraction of sp³-hybridized carbons (Fsp3) is 0.462. The lowest BCUT2D eigenvalue weighted by molar-refractivity contribution is 0.427. The van der Waals surface area contributed by atoms with Gasteiger partial charge in [-0.15, -0.1) is 0 Å². The van der Waals surface area contributed by atoms with Crippen LogP contribution in [0.15, 0.2) is 29.1 Å². The number of nitrogens with one attached hydrogen (secondary N) is 1. The number of aromatic amines is 1. The van der Waals surface area contributed by atoms with E-state index in [4.69, 9.17) is 0 Å². The van der Waals surface area contributed by atoms with Crippen molar-refractivity contribution in [2.75, 3.05) is 11.5 Å². The summed E-state index contributed by atoms with van der Waals surface area (Å²) in [5.74, 6) is 0.515. The van der Waals surface area contributed by atoms with Crippen molar-refractivity contribution in [3.63, 3.8) is 0 Å². The van der Waals surface area contributed by atoms with Crippen molar-refractivity contribution < 1.29 is 8.42 Å². The van der Waals surface area contributed by atoms with Crippen molar-refractivity contribution in [1.82, 2.24) is 9.55 Å². The van der Waals surface area contributed by atoms with E-state index < -0.39 is 9.84 Å². The Balaban J connectivity index is 1.93. The summed E-state index contributed by atoms with van der Waals surface area (Å²) >= 11 is 0. The average Bonchev–Trinajstić information content (AvgIpc) is 2.65. The minimum absolute atomic E-state index is 0.0376. The molecule has 0 saturated carbocycles. The molecule has 0 bridgehead atoms. The molecule has 1 aromatic carbocycles. The van der Waals surface area contributed by atoms with E-state index in [0.29, 0.717) is 13.0 Å². The number of H-pyrrole nitrogens is 1. The molecule has 1 saturated heterocycles. The van der Waals surface area contributed by atoms with Crippen LogP contribution in [0, 0.1) is 5.92 Å². The van der Waals surface area contributed by atoms with Gasteiger partial charge in [-0.05, 0) is 30.9 Å². The van der Waals surface area contributed by atoms with Gasteiger partial charge in [0.15, 0.2) is 9.84 Å². The molecule has 0 aliphatic carbocycles.